The standard InChI is InChI=1S/2C5H6N2O3S/c6-5-2-1-4(3-7-5)11(8,9)10;6-4-2-1-3-7-5(4)11(8,9)10/h1-3H,(H2,6,7)(H,8,9,10);1-3H,6H2,(H,8,9,10). The van der Waals surface area contributed by atoms with Gasteiger partial charge in [0.1, 0.15) is 10.7 Å². The van der Waals surface area contributed by atoms with E-state index in [0.717, 1.165) is 6.20 Å². The number of nitrogen functional groups attached to an aromatic ring is 2. The summed E-state index contributed by atoms with van der Waals surface area (Å²) >= 11 is 0. The molecule has 2 aromatic rings. The van der Waals surface area contributed by atoms with Crippen molar-refractivity contribution in [1.82, 2.24) is 9.97 Å². The molecule has 12 heteroatoms. The maximum absolute atomic E-state index is 10.5. The lowest BCUT2D eigenvalue weighted by Crippen LogP contribution is -2.04. The van der Waals surface area contributed by atoms with Crippen LogP contribution in [0.4, 0.5) is 11.5 Å². The number of pyridine rings is 2. The minimum atomic E-state index is -4.27. The first-order valence-corrected chi connectivity index (χ1v) is 8.27. The summed E-state index contributed by atoms with van der Waals surface area (Å²) in [4.78, 5) is 6.61. The number of anilines is 2. The summed E-state index contributed by atoms with van der Waals surface area (Å²) < 4.78 is 58.7. The Morgan fingerprint density at radius 2 is 1.55 bits per heavy atom. The van der Waals surface area contributed by atoms with Gasteiger partial charge in [0.15, 0.2) is 0 Å². The van der Waals surface area contributed by atoms with Crippen molar-refractivity contribution in [3.63, 3.8) is 0 Å². The molecule has 120 valence electrons. The van der Waals surface area contributed by atoms with Gasteiger partial charge < -0.3 is 11.5 Å². The Hall–Kier alpha value is -2.28. The molecule has 0 saturated heterocycles. The van der Waals surface area contributed by atoms with Crippen LogP contribution in [0.5, 0.6) is 0 Å². The van der Waals surface area contributed by atoms with E-state index >= 15 is 0 Å². The summed E-state index contributed by atoms with van der Waals surface area (Å²) in [6, 6.07) is 5.29. The quantitative estimate of drug-likeness (QED) is 0.530. The number of hydrogen-bond donors (Lipinski definition) is 4. The topological polar surface area (TPSA) is 187 Å². The van der Waals surface area contributed by atoms with Crippen molar-refractivity contribution in [2.75, 3.05) is 11.5 Å². The van der Waals surface area contributed by atoms with Crippen molar-refractivity contribution in [1.29, 1.82) is 0 Å². The molecule has 0 aliphatic heterocycles. The fourth-order valence-electron chi connectivity index (χ4n) is 1.16. The lowest BCUT2D eigenvalue weighted by Gasteiger charge is -1.97. The molecule has 0 aliphatic carbocycles. The van der Waals surface area contributed by atoms with Gasteiger partial charge in [0.2, 0.25) is 5.03 Å². The third-order valence-corrected chi connectivity index (χ3v) is 3.77. The smallest absolute Gasteiger partial charge is 0.314 e. The fourth-order valence-corrected chi connectivity index (χ4v) is 2.15. The summed E-state index contributed by atoms with van der Waals surface area (Å²) in [6.45, 7) is 0. The van der Waals surface area contributed by atoms with E-state index in [1.807, 2.05) is 0 Å². The van der Waals surface area contributed by atoms with Crippen LogP contribution in [0, 0.1) is 0 Å². The third kappa shape index (κ3) is 5.25. The lowest BCUT2D eigenvalue weighted by molar-refractivity contribution is 0.478. The molecular formula is C10H12N4O6S2. The molecular weight excluding hydrogens is 336 g/mol. The van der Waals surface area contributed by atoms with E-state index < -0.39 is 25.3 Å². The summed E-state index contributed by atoms with van der Waals surface area (Å²) in [5.74, 6) is 0.206. The average molecular weight is 348 g/mol. The highest BCUT2D eigenvalue weighted by Gasteiger charge is 2.13. The molecule has 0 aliphatic rings. The number of aromatic nitrogens is 2. The molecule has 10 nitrogen and oxygen atoms in total. The molecule has 2 heterocycles. The molecule has 2 aromatic heterocycles. The van der Waals surface area contributed by atoms with Gasteiger partial charge in [-0.15, -0.1) is 0 Å². The van der Waals surface area contributed by atoms with E-state index in [4.69, 9.17) is 20.6 Å². The molecule has 22 heavy (non-hydrogen) atoms. The van der Waals surface area contributed by atoms with Crippen LogP contribution in [0.25, 0.3) is 0 Å². The number of hydrogen-bond acceptors (Lipinski definition) is 8. The minimum absolute atomic E-state index is 0.0602. The van der Waals surface area contributed by atoms with Crippen LogP contribution in [-0.2, 0) is 20.2 Å². The van der Waals surface area contributed by atoms with Crippen LogP contribution in [0.2, 0.25) is 0 Å². The first-order chi connectivity index (χ1) is 10.0. The van der Waals surface area contributed by atoms with Crippen LogP contribution in [0.3, 0.4) is 0 Å². The monoisotopic (exact) mass is 348 g/mol. The van der Waals surface area contributed by atoms with E-state index in [-0.39, 0.29) is 16.4 Å². The van der Waals surface area contributed by atoms with E-state index in [1.165, 1.54) is 30.5 Å². The highest BCUT2D eigenvalue weighted by atomic mass is 32.2. The molecule has 0 aromatic carbocycles. The maximum Gasteiger partial charge on any atom is 0.314 e. The van der Waals surface area contributed by atoms with Gasteiger partial charge in [0.05, 0.1) is 11.9 Å². The van der Waals surface area contributed by atoms with Crippen molar-refractivity contribution in [2.24, 2.45) is 0 Å². The molecule has 6 N–H and O–H groups in total. The van der Waals surface area contributed by atoms with Crippen LogP contribution in [0.1, 0.15) is 0 Å². The van der Waals surface area contributed by atoms with E-state index in [0.29, 0.717) is 0 Å². The van der Waals surface area contributed by atoms with E-state index in [1.54, 1.807) is 0 Å². The van der Waals surface area contributed by atoms with Gasteiger partial charge >= 0.3 is 10.1 Å². The Kier molecular flexibility index (Phi) is 5.38. The second-order valence-corrected chi connectivity index (χ2v) is 6.53. The predicted octanol–water partition coefficient (Wildman–Crippen LogP) is -0.179. The Bertz CT molecular complexity index is 849. The predicted molar refractivity (Wildman–Crippen MR) is 76.9 cm³/mol. The molecule has 0 unspecified atom stereocenters. The summed E-state index contributed by atoms with van der Waals surface area (Å²) in [5.41, 5.74) is 10.3. The normalized spacial score (nSPS) is 11.4. The number of nitrogens with two attached hydrogens (primary N) is 2. The van der Waals surface area contributed by atoms with Crippen molar-refractivity contribution in [3.05, 3.63) is 36.7 Å². The Labute approximate surface area is 126 Å². The van der Waals surface area contributed by atoms with Crippen LogP contribution < -0.4 is 11.5 Å². The SMILES string of the molecule is Nc1ccc(S(=O)(=O)O)cn1.Nc1cccnc1S(=O)(=O)O. The molecule has 0 radical (unpaired) electrons. The van der Waals surface area contributed by atoms with Crippen molar-refractivity contribution in [2.45, 2.75) is 9.92 Å². The van der Waals surface area contributed by atoms with Crippen LogP contribution in [-0.4, -0.2) is 35.9 Å². The van der Waals surface area contributed by atoms with E-state index in [2.05, 4.69) is 9.97 Å². The minimum Gasteiger partial charge on any atom is -0.396 e. The highest BCUT2D eigenvalue weighted by Crippen LogP contribution is 2.12. The van der Waals surface area contributed by atoms with Gasteiger partial charge in [0, 0.05) is 6.20 Å². The van der Waals surface area contributed by atoms with Crippen molar-refractivity contribution in [3.8, 4) is 0 Å². The molecule has 0 atom stereocenters. The van der Waals surface area contributed by atoms with Gasteiger partial charge in [-0.2, -0.15) is 16.8 Å². The second-order valence-electron chi connectivity index (χ2n) is 3.77. The van der Waals surface area contributed by atoms with E-state index in [9.17, 15) is 16.8 Å². The second kappa shape index (κ2) is 6.65. The van der Waals surface area contributed by atoms with Crippen LogP contribution >= 0.6 is 0 Å². The molecule has 0 spiro atoms. The zero-order valence-corrected chi connectivity index (χ0v) is 12.5. The maximum atomic E-state index is 10.5. The largest absolute Gasteiger partial charge is 0.396 e. The third-order valence-electron chi connectivity index (χ3n) is 2.10. The molecule has 0 bridgehead atoms. The van der Waals surface area contributed by atoms with Gasteiger partial charge in [0.25, 0.3) is 10.1 Å². The highest BCUT2D eigenvalue weighted by molar-refractivity contribution is 7.86. The zero-order chi connectivity index (χ0) is 17.0. The average Bonchev–Trinajstić information content (AvgIpc) is 2.38. The Morgan fingerprint density at radius 1 is 0.909 bits per heavy atom. The van der Waals surface area contributed by atoms with Crippen molar-refractivity contribution >= 4 is 31.7 Å². The lowest BCUT2D eigenvalue weighted by atomic mass is 10.4. The Balaban J connectivity index is 0.000000220. The van der Waals surface area contributed by atoms with Crippen molar-refractivity contribution < 1.29 is 25.9 Å². The Morgan fingerprint density at radius 3 is 1.91 bits per heavy atom. The van der Waals surface area contributed by atoms with Gasteiger partial charge in [-0.05, 0) is 24.3 Å². The van der Waals surface area contributed by atoms with Gasteiger partial charge in [-0.3, -0.25) is 9.11 Å². The molecule has 0 amide bonds. The van der Waals surface area contributed by atoms with Gasteiger partial charge in [-0.25, -0.2) is 9.97 Å². The first-order valence-electron chi connectivity index (χ1n) is 5.39. The number of nitrogens with zero attached hydrogens (tertiary/aromatic N) is 2. The van der Waals surface area contributed by atoms with Gasteiger partial charge in [-0.1, -0.05) is 0 Å². The molecule has 0 saturated carbocycles. The first kappa shape index (κ1) is 17.8. The molecule has 0 fully saturated rings. The summed E-state index contributed by atoms with van der Waals surface area (Å²) in [7, 11) is -8.41. The summed E-state index contributed by atoms with van der Waals surface area (Å²) in [5, 5.41) is -0.500. The fraction of sp³-hybridized carbons (Fsp3) is 0. The van der Waals surface area contributed by atoms with Crippen LogP contribution in [0.15, 0.2) is 46.6 Å². The zero-order valence-electron chi connectivity index (χ0n) is 10.9. The summed E-state index contributed by atoms with van der Waals surface area (Å²) in [6.07, 6.45) is 2.23. The number of rotatable bonds is 2. The molecule has 2 rings (SSSR count).